The van der Waals surface area contributed by atoms with Crippen molar-refractivity contribution in [1.29, 1.82) is 0 Å². The molecule has 0 radical (unpaired) electrons. The molecule has 0 aliphatic heterocycles. The quantitative estimate of drug-likeness (QED) is 0.321. The molecule has 6 N–H and O–H groups in total. The molecule has 0 aromatic carbocycles. The lowest BCUT2D eigenvalue weighted by Crippen LogP contribution is -2.50. The van der Waals surface area contributed by atoms with Gasteiger partial charge < -0.3 is 26.7 Å². The highest BCUT2D eigenvalue weighted by Crippen LogP contribution is 2.15. The zero-order valence-electron chi connectivity index (χ0n) is 13.4. The summed E-state index contributed by atoms with van der Waals surface area (Å²) in [6, 6.07) is -1.39. The topological polar surface area (TPSA) is 165 Å². The molecule has 132 valence electrons. The number of unbranched alkanes of at least 4 members (excludes halogenated alkanes) is 1. The van der Waals surface area contributed by atoms with Crippen LogP contribution in [0.5, 0.6) is 0 Å². The summed E-state index contributed by atoms with van der Waals surface area (Å²) in [6.07, 6.45) is -0.260. The van der Waals surface area contributed by atoms with Crippen molar-refractivity contribution in [3.05, 3.63) is 0 Å². The van der Waals surface area contributed by atoms with E-state index >= 15 is 0 Å². The summed E-state index contributed by atoms with van der Waals surface area (Å²) in [5.41, 5.74) is 15.8. The van der Waals surface area contributed by atoms with Crippen LogP contribution in [0.2, 0.25) is 0 Å². The molecule has 0 aromatic rings. The number of carbonyl (C=O) groups is 4. The summed E-state index contributed by atoms with van der Waals surface area (Å²) >= 11 is 0. The van der Waals surface area contributed by atoms with Gasteiger partial charge in [0, 0.05) is 12.8 Å². The van der Waals surface area contributed by atoms with Gasteiger partial charge in [0.15, 0.2) is 6.10 Å². The summed E-state index contributed by atoms with van der Waals surface area (Å²) in [4.78, 5) is 46.1. The van der Waals surface area contributed by atoms with Gasteiger partial charge in [0.05, 0.1) is 18.6 Å². The van der Waals surface area contributed by atoms with Gasteiger partial charge in [-0.25, -0.2) is 4.79 Å². The Bertz CT molecular complexity index is 440. The molecule has 0 fully saturated rings. The minimum Gasteiger partial charge on any atom is -0.463 e. The fourth-order valence-electron chi connectivity index (χ4n) is 1.71. The Morgan fingerprint density at radius 3 is 2.09 bits per heavy atom. The summed E-state index contributed by atoms with van der Waals surface area (Å²) < 4.78 is 9.96. The van der Waals surface area contributed by atoms with Crippen LogP contribution in [0.15, 0.2) is 0 Å². The molecule has 9 nitrogen and oxygen atoms in total. The summed E-state index contributed by atoms with van der Waals surface area (Å²) in [5, 5.41) is 0. The molecule has 0 aliphatic rings. The standard InChI is InChI=1S/C14H25N3O6/c1-3-5-6-22-14(21)9(23-10(18)4-2)7-8(12(16)19)11(15)13(17)20/h8-9,11H,3-7,15H2,1-2H3,(H2,16,19)(H2,17,20). The molecule has 2 amide bonds. The molecule has 3 unspecified atom stereocenters. The van der Waals surface area contributed by atoms with Crippen LogP contribution in [0.25, 0.3) is 0 Å². The summed E-state index contributed by atoms with van der Waals surface area (Å²) in [5.74, 6) is -4.59. The van der Waals surface area contributed by atoms with Gasteiger partial charge in [0.2, 0.25) is 11.8 Å². The number of rotatable bonds is 11. The second-order valence-corrected chi connectivity index (χ2v) is 5.03. The first-order chi connectivity index (χ1) is 10.7. The molecular formula is C14H25N3O6. The number of ether oxygens (including phenoxy) is 2. The summed E-state index contributed by atoms with van der Waals surface area (Å²) in [6.45, 7) is 3.61. The van der Waals surface area contributed by atoms with Crippen LogP contribution in [0.4, 0.5) is 0 Å². The van der Waals surface area contributed by atoms with E-state index in [1.54, 1.807) is 6.92 Å². The van der Waals surface area contributed by atoms with Gasteiger partial charge in [-0.05, 0) is 6.42 Å². The fraction of sp³-hybridized carbons (Fsp3) is 0.714. The molecular weight excluding hydrogens is 306 g/mol. The van der Waals surface area contributed by atoms with Crippen molar-refractivity contribution in [2.75, 3.05) is 6.61 Å². The van der Waals surface area contributed by atoms with E-state index in [0.29, 0.717) is 6.42 Å². The predicted molar refractivity (Wildman–Crippen MR) is 80.5 cm³/mol. The molecule has 3 atom stereocenters. The molecule has 23 heavy (non-hydrogen) atoms. The van der Waals surface area contributed by atoms with Gasteiger partial charge in [-0.15, -0.1) is 0 Å². The van der Waals surface area contributed by atoms with Crippen LogP contribution in [-0.4, -0.2) is 42.5 Å². The third kappa shape index (κ3) is 7.59. The highest BCUT2D eigenvalue weighted by atomic mass is 16.6. The number of nitrogens with two attached hydrogens (primary N) is 3. The highest BCUT2D eigenvalue weighted by Gasteiger charge is 2.35. The minimum absolute atomic E-state index is 0.0296. The molecule has 0 rings (SSSR count). The number of primary amides is 2. The Morgan fingerprint density at radius 2 is 1.65 bits per heavy atom. The first-order valence-corrected chi connectivity index (χ1v) is 7.44. The second kappa shape index (κ2) is 10.5. The number of esters is 2. The van der Waals surface area contributed by atoms with Gasteiger partial charge >= 0.3 is 11.9 Å². The van der Waals surface area contributed by atoms with E-state index < -0.39 is 41.8 Å². The zero-order valence-corrected chi connectivity index (χ0v) is 13.4. The Hall–Kier alpha value is -2.16. The number of hydrogen-bond donors (Lipinski definition) is 3. The molecule has 0 saturated heterocycles. The lowest BCUT2D eigenvalue weighted by atomic mass is 9.92. The molecule has 0 heterocycles. The Balaban J connectivity index is 5.08. The molecule has 0 spiro atoms. The molecule has 0 saturated carbocycles. The van der Waals surface area contributed by atoms with Crippen LogP contribution in [0, 0.1) is 5.92 Å². The third-order valence-corrected chi connectivity index (χ3v) is 3.16. The van der Waals surface area contributed by atoms with E-state index in [1.165, 1.54) is 0 Å². The Morgan fingerprint density at radius 1 is 1.04 bits per heavy atom. The average Bonchev–Trinajstić information content (AvgIpc) is 2.49. The summed E-state index contributed by atoms with van der Waals surface area (Å²) in [7, 11) is 0. The molecule has 0 aliphatic carbocycles. The van der Waals surface area contributed by atoms with E-state index in [9.17, 15) is 19.2 Å². The van der Waals surface area contributed by atoms with Crippen LogP contribution < -0.4 is 17.2 Å². The predicted octanol–water partition coefficient (Wildman–Crippen LogP) is -1.04. The highest BCUT2D eigenvalue weighted by molar-refractivity contribution is 5.89. The largest absolute Gasteiger partial charge is 0.463 e. The van der Waals surface area contributed by atoms with Gasteiger partial charge in [0.1, 0.15) is 0 Å². The van der Waals surface area contributed by atoms with Crippen LogP contribution in [-0.2, 0) is 28.7 Å². The van der Waals surface area contributed by atoms with Crippen LogP contribution in [0.3, 0.4) is 0 Å². The van der Waals surface area contributed by atoms with Crippen LogP contribution >= 0.6 is 0 Å². The van der Waals surface area contributed by atoms with Crippen molar-refractivity contribution in [2.24, 2.45) is 23.1 Å². The zero-order chi connectivity index (χ0) is 18.0. The molecule has 9 heteroatoms. The maximum absolute atomic E-state index is 12.0. The van der Waals surface area contributed by atoms with Crippen molar-refractivity contribution in [3.63, 3.8) is 0 Å². The first kappa shape index (κ1) is 20.8. The van der Waals surface area contributed by atoms with E-state index in [4.69, 9.17) is 26.7 Å². The van der Waals surface area contributed by atoms with Gasteiger partial charge in [-0.3, -0.25) is 14.4 Å². The first-order valence-electron chi connectivity index (χ1n) is 7.44. The lowest BCUT2D eigenvalue weighted by molar-refractivity contribution is -0.169. The number of amides is 2. The van der Waals surface area contributed by atoms with E-state index in [0.717, 1.165) is 6.42 Å². The van der Waals surface area contributed by atoms with E-state index in [1.807, 2.05) is 6.92 Å². The number of carbonyl (C=O) groups excluding carboxylic acids is 4. The Labute approximate surface area is 134 Å². The lowest BCUT2D eigenvalue weighted by Gasteiger charge is -2.23. The monoisotopic (exact) mass is 331 g/mol. The number of hydrogen-bond acceptors (Lipinski definition) is 7. The van der Waals surface area contributed by atoms with Crippen molar-refractivity contribution < 1.29 is 28.7 Å². The average molecular weight is 331 g/mol. The molecule has 0 bridgehead atoms. The van der Waals surface area contributed by atoms with E-state index in [2.05, 4.69) is 0 Å². The maximum atomic E-state index is 12.0. The second-order valence-electron chi connectivity index (χ2n) is 5.03. The maximum Gasteiger partial charge on any atom is 0.347 e. The van der Waals surface area contributed by atoms with E-state index in [-0.39, 0.29) is 19.4 Å². The fourth-order valence-corrected chi connectivity index (χ4v) is 1.71. The normalized spacial score (nSPS) is 14.4. The van der Waals surface area contributed by atoms with Crippen molar-refractivity contribution in [2.45, 2.75) is 51.7 Å². The van der Waals surface area contributed by atoms with Gasteiger partial charge in [0.25, 0.3) is 0 Å². The van der Waals surface area contributed by atoms with Gasteiger partial charge in [-0.1, -0.05) is 20.3 Å². The third-order valence-electron chi connectivity index (χ3n) is 3.16. The van der Waals surface area contributed by atoms with Crippen LogP contribution in [0.1, 0.15) is 39.5 Å². The van der Waals surface area contributed by atoms with Crippen molar-refractivity contribution in [1.82, 2.24) is 0 Å². The van der Waals surface area contributed by atoms with Crippen molar-refractivity contribution >= 4 is 23.8 Å². The minimum atomic E-state index is -1.39. The van der Waals surface area contributed by atoms with Crippen molar-refractivity contribution in [3.8, 4) is 0 Å². The SMILES string of the molecule is CCCCOC(=O)C(CC(C(N)=O)C(N)C(N)=O)OC(=O)CC. The Kier molecular flexibility index (Phi) is 9.56. The van der Waals surface area contributed by atoms with Gasteiger partial charge in [-0.2, -0.15) is 0 Å². The smallest absolute Gasteiger partial charge is 0.347 e. The molecule has 0 aromatic heterocycles.